The molecule has 0 aliphatic heterocycles. The van der Waals surface area contributed by atoms with Crippen molar-refractivity contribution in [2.75, 3.05) is 0 Å². The maximum absolute atomic E-state index is 11.2. The number of aryl methyl sites for hydroxylation is 2. The van der Waals surface area contributed by atoms with Crippen LogP contribution < -0.4 is 0 Å². The minimum atomic E-state index is -0.871. The molecule has 3 heteroatoms. The third-order valence-corrected chi connectivity index (χ3v) is 3.42. The van der Waals surface area contributed by atoms with E-state index >= 15 is 0 Å². The van der Waals surface area contributed by atoms with Gasteiger partial charge in [0.2, 0.25) is 0 Å². The first-order valence-corrected chi connectivity index (χ1v) is 6.05. The Kier molecular flexibility index (Phi) is 2.73. The third-order valence-electron chi connectivity index (χ3n) is 3.42. The fraction of sp³-hybridized carbons (Fsp3) is 0.400. The zero-order valence-electron chi connectivity index (χ0n) is 11.5. The van der Waals surface area contributed by atoms with E-state index in [1.54, 1.807) is 12.1 Å². The summed E-state index contributed by atoms with van der Waals surface area (Å²) in [5.74, 6) is -0.871. The van der Waals surface area contributed by atoms with E-state index in [1.165, 1.54) is 0 Å². The number of hydrogen-bond donors (Lipinski definition) is 1. The highest BCUT2D eigenvalue weighted by Gasteiger charge is 2.21. The van der Waals surface area contributed by atoms with Gasteiger partial charge in [-0.15, -0.1) is 0 Å². The maximum Gasteiger partial charge on any atom is 0.335 e. The summed E-state index contributed by atoms with van der Waals surface area (Å²) in [5, 5.41) is 10.2. The first kappa shape index (κ1) is 12.7. The van der Waals surface area contributed by atoms with Gasteiger partial charge < -0.3 is 9.67 Å². The van der Waals surface area contributed by atoms with Crippen molar-refractivity contribution in [3.8, 4) is 0 Å². The first-order chi connectivity index (χ1) is 8.21. The fourth-order valence-electron chi connectivity index (χ4n) is 2.33. The molecule has 1 aromatic carbocycles. The molecule has 0 amide bonds. The summed E-state index contributed by atoms with van der Waals surface area (Å²) in [4.78, 5) is 11.2. The highest BCUT2D eigenvalue weighted by molar-refractivity contribution is 5.96. The van der Waals surface area contributed by atoms with Crippen LogP contribution in [-0.2, 0) is 12.5 Å². The standard InChI is InChI=1S/C15H19NO2/c1-9-6-10-7-11(14(17)18)8-12(15(2,3)4)13(10)16(9)5/h6-8H,1-5H3,(H,17,18). The minimum absolute atomic E-state index is 0.0811. The molecule has 3 nitrogen and oxygen atoms in total. The van der Waals surface area contributed by atoms with E-state index in [0.717, 1.165) is 22.2 Å². The minimum Gasteiger partial charge on any atom is -0.478 e. The Morgan fingerprint density at radius 2 is 1.83 bits per heavy atom. The summed E-state index contributed by atoms with van der Waals surface area (Å²) in [6, 6.07) is 5.58. The van der Waals surface area contributed by atoms with Crippen LogP contribution in [0.3, 0.4) is 0 Å². The van der Waals surface area contributed by atoms with Gasteiger partial charge >= 0.3 is 5.97 Å². The van der Waals surface area contributed by atoms with Crippen molar-refractivity contribution in [1.29, 1.82) is 0 Å². The lowest BCUT2D eigenvalue weighted by atomic mass is 9.84. The summed E-state index contributed by atoms with van der Waals surface area (Å²) in [7, 11) is 2.02. The zero-order valence-corrected chi connectivity index (χ0v) is 11.5. The van der Waals surface area contributed by atoms with Gasteiger partial charge in [-0.2, -0.15) is 0 Å². The van der Waals surface area contributed by atoms with Crippen LogP contribution in [0.15, 0.2) is 18.2 Å². The molecule has 1 heterocycles. The summed E-state index contributed by atoms with van der Waals surface area (Å²) >= 11 is 0. The molecule has 0 fully saturated rings. The molecule has 2 rings (SSSR count). The van der Waals surface area contributed by atoms with Crippen molar-refractivity contribution in [3.63, 3.8) is 0 Å². The van der Waals surface area contributed by atoms with Gasteiger partial charge in [0.15, 0.2) is 0 Å². The molecule has 0 bridgehead atoms. The van der Waals surface area contributed by atoms with E-state index in [9.17, 15) is 9.90 Å². The first-order valence-electron chi connectivity index (χ1n) is 6.05. The van der Waals surface area contributed by atoms with Crippen LogP contribution in [0.25, 0.3) is 10.9 Å². The summed E-state index contributed by atoms with van der Waals surface area (Å²) < 4.78 is 2.13. The number of fused-ring (bicyclic) bond motifs is 1. The largest absolute Gasteiger partial charge is 0.478 e. The molecule has 96 valence electrons. The molecule has 0 atom stereocenters. The second kappa shape index (κ2) is 3.87. The van der Waals surface area contributed by atoms with Gasteiger partial charge in [0.25, 0.3) is 0 Å². The number of rotatable bonds is 1. The topological polar surface area (TPSA) is 42.2 Å². The highest BCUT2D eigenvalue weighted by atomic mass is 16.4. The van der Waals surface area contributed by atoms with Gasteiger partial charge in [0, 0.05) is 18.1 Å². The molecular weight excluding hydrogens is 226 g/mol. The summed E-state index contributed by atoms with van der Waals surface area (Å²) in [5.41, 5.74) is 3.62. The normalized spacial score (nSPS) is 12.1. The SMILES string of the molecule is Cc1cc2cc(C(=O)O)cc(C(C)(C)C)c2n1C. The fourth-order valence-corrected chi connectivity index (χ4v) is 2.33. The van der Waals surface area contributed by atoms with E-state index in [2.05, 4.69) is 25.3 Å². The lowest BCUT2D eigenvalue weighted by molar-refractivity contribution is 0.0697. The van der Waals surface area contributed by atoms with Gasteiger partial charge in [-0.25, -0.2) is 4.79 Å². The number of aromatic carboxylic acids is 1. The Morgan fingerprint density at radius 3 is 2.33 bits per heavy atom. The molecule has 0 spiro atoms. The lowest BCUT2D eigenvalue weighted by Gasteiger charge is -2.22. The predicted molar refractivity (Wildman–Crippen MR) is 73.3 cm³/mol. The Labute approximate surface area is 107 Å². The molecule has 0 radical (unpaired) electrons. The number of hydrogen-bond acceptors (Lipinski definition) is 1. The average Bonchev–Trinajstić information content (AvgIpc) is 2.52. The van der Waals surface area contributed by atoms with Crippen LogP contribution >= 0.6 is 0 Å². The van der Waals surface area contributed by atoms with E-state index in [-0.39, 0.29) is 5.41 Å². The van der Waals surface area contributed by atoms with Gasteiger partial charge in [-0.05, 0) is 36.1 Å². The van der Waals surface area contributed by atoms with Crippen LogP contribution in [0, 0.1) is 6.92 Å². The number of nitrogens with zero attached hydrogens (tertiary/aromatic N) is 1. The Bertz CT molecular complexity index is 630. The van der Waals surface area contributed by atoms with Crippen LogP contribution in [0.1, 0.15) is 42.4 Å². The molecule has 2 aromatic rings. The van der Waals surface area contributed by atoms with Crippen molar-refractivity contribution in [2.24, 2.45) is 7.05 Å². The molecule has 0 unspecified atom stereocenters. The molecule has 1 aromatic heterocycles. The van der Waals surface area contributed by atoms with Crippen molar-refractivity contribution < 1.29 is 9.90 Å². The second-order valence-corrected chi connectivity index (χ2v) is 5.86. The Balaban J connectivity index is 2.91. The second-order valence-electron chi connectivity index (χ2n) is 5.86. The van der Waals surface area contributed by atoms with E-state index in [4.69, 9.17) is 0 Å². The average molecular weight is 245 g/mol. The number of carbonyl (C=O) groups is 1. The predicted octanol–water partition coefficient (Wildman–Crippen LogP) is 3.48. The zero-order chi connectivity index (χ0) is 13.7. The van der Waals surface area contributed by atoms with Crippen molar-refractivity contribution in [1.82, 2.24) is 4.57 Å². The lowest BCUT2D eigenvalue weighted by Crippen LogP contribution is -2.14. The van der Waals surface area contributed by atoms with Gasteiger partial charge in [0.05, 0.1) is 11.1 Å². The van der Waals surface area contributed by atoms with Gasteiger partial charge in [0.1, 0.15) is 0 Å². The van der Waals surface area contributed by atoms with Gasteiger partial charge in [-0.3, -0.25) is 0 Å². The number of carboxylic acids is 1. The van der Waals surface area contributed by atoms with Crippen molar-refractivity contribution in [2.45, 2.75) is 33.1 Å². The van der Waals surface area contributed by atoms with Crippen molar-refractivity contribution in [3.05, 3.63) is 35.0 Å². The van der Waals surface area contributed by atoms with Gasteiger partial charge in [-0.1, -0.05) is 20.8 Å². The smallest absolute Gasteiger partial charge is 0.335 e. The highest BCUT2D eigenvalue weighted by Crippen LogP contribution is 2.32. The van der Waals surface area contributed by atoms with Crippen LogP contribution in [0.5, 0.6) is 0 Å². The van der Waals surface area contributed by atoms with Crippen LogP contribution in [-0.4, -0.2) is 15.6 Å². The number of aromatic nitrogens is 1. The molecule has 0 saturated heterocycles. The number of benzene rings is 1. The monoisotopic (exact) mass is 245 g/mol. The van der Waals surface area contributed by atoms with Crippen molar-refractivity contribution >= 4 is 16.9 Å². The molecule has 0 aliphatic carbocycles. The Morgan fingerprint density at radius 1 is 1.22 bits per heavy atom. The quantitative estimate of drug-likeness (QED) is 0.835. The number of carboxylic acid groups (broad SMARTS) is 1. The molecular formula is C15H19NO2. The maximum atomic E-state index is 11.2. The van der Waals surface area contributed by atoms with E-state index in [1.807, 2.05) is 20.0 Å². The van der Waals surface area contributed by atoms with E-state index in [0.29, 0.717) is 5.56 Å². The molecule has 18 heavy (non-hydrogen) atoms. The van der Waals surface area contributed by atoms with E-state index < -0.39 is 5.97 Å². The Hall–Kier alpha value is -1.77. The van der Waals surface area contributed by atoms with Crippen LogP contribution in [0.2, 0.25) is 0 Å². The summed E-state index contributed by atoms with van der Waals surface area (Å²) in [6.45, 7) is 8.36. The van der Waals surface area contributed by atoms with Crippen LogP contribution in [0.4, 0.5) is 0 Å². The molecule has 1 N–H and O–H groups in total. The molecule has 0 saturated carbocycles. The molecule has 0 aliphatic rings. The third kappa shape index (κ3) is 1.90. The summed E-state index contributed by atoms with van der Waals surface area (Å²) in [6.07, 6.45) is 0.